The topological polar surface area (TPSA) is 40.8 Å². The minimum Gasteiger partial charge on any atom is -0.361 e. The Morgan fingerprint density at radius 3 is 2.36 bits per heavy atom. The molecule has 4 aromatic carbocycles. The highest BCUT2D eigenvalue weighted by Gasteiger charge is 2.21. The van der Waals surface area contributed by atoms with Crippen LogP contribution in [0.15, 0.2) is 139 Å². The Bertz CT molecular complexity index is 2450. The zero-order valence-electron chi connectivity index (χ0n) is 22.4. The second-order valence-corrected chi connectivity index (χ2v) is 12.8. The van der Waals surface area contributed by atoms with E-state index in [-0.39, 0.29) is 0 Å². The van der Waals surface area contributed by atoms with E-state index in [1.807, 2.05) is 59.3 Å². The van der Waals surface area contributed by atoms with Gasteiger partial charge in [0.15, 0.2) is 0 Å². The number of nitrogens with one attached hydrogen (secondary N) is 2. The van der Waals surface area contributed by atoms with Gasteiger partial charge in [-0.1, -0.05) is 72.8 Å². The van der Waals surface area contributed by atoms with Gasteiger partial charge in [0.25, 0.3) is 0 Å². The molecule has 4 heterocycles. The van der Waals surface area contributed by atoms with Crippen molar-refractivity contribution in [2.45, 2.75) is 0 Å². The molecule has 0 bridgehead atoms. The first kappa shape index (κ1) is 23.7. The van der Waals surface area contributed by atoms with E-state index in [1.54, 1.807) is 0 Å². The minimum absolute atomic E-state index is 0.507. The molecule has 3 aromatic heterocycles. The van der Waals surface area contributed by atoms with E-state index in [1.165, 1.54) is 51.4 Å². The number of nitrogens with zero attached hydrogens (tertiary/aromatic N) is 1. The highest BCUT2D eigenvalue weighted by atomic mass is 32.1. The van der Waals surface area contributed by atoms with Crippen molar-refractivity contribution in [2.24, 2.45) is 0 Å². The molecule has 7 aromatic rings. The van der Waals surface area contributed by atoms with Gasteiger partial charge in [-0.05, 0) is 54.1 Å². The number of hydrogen-bond acceptors (Lipinski definition) is 4. The monoisotopic (exact) mass is 573 g/mol. The molecule has 0 spiro atoms. The van der Waals surface area contributed by atoms with E-state index in [9.17, 15) is 0 Å². The summed E-state index contributed by atoms with van der Waals surface area (Å²) in [6, 6.07) is 31.1. The average Bonchev–Trinajstić information content (AvgIpc) is 3.69. The van der Waals surface area contributed by atoms with E-state index < -0.39 is 0 Å². The number of aromatic nitrogens is 1. The molecule has 3 nitrogen and oxygen atoms in total. The van der Waals surface area contributed by atoms with Crippen LogP contribution < -0.4 is 5.32 Å². The van der Waals surface area contributed by atoms with Gasteiger partial charge in [-0.25, -0.2) is 0 Å². The van der Waals surface area contributed by atoms with E-state index in [2.05, 4.69) is 101 Å². The number of dihydropyridines is 1. The molecule has 0 atom stereocenters. The maximum atomic E-state index is 8.55. The van der Waals surface area contributed by atoms with Crippen LogP contribution in [0.25, 0.3) is 62.6 Å². The molecule has 0 radical (unpaired) electrons. The average molecular weight is 574 g/mol. The second-order valence-electron chi connectivity index (χ2n) is 10.6. The van der Waals surface area contributed by atoms with Crippen molar-refractivity contribution in [3.8, 4) is 5.69 Å². The Morgan fingerprint density at radius 1 is 0.667 bits per heavy atom. The van der Waals surface area contributed by atoms with Gasteiger partial charge >= 0.3 is 0 Å². The number of rotatable bonds is 2. The summed E-state index contributed by atoms with van der Waals surface area (Å²) in [6.45, 7) is 0. The van der Waals surface area contributed by atoms with Gasteiger partial charge in [-0.2, -0.15) is 0 Å². The van der Waals surface area contributed by atoms with Crippen LogP contribution in [-0.2, 0) is 0 Å². The molecule has 5 heteroatoms. The summed E-state index contributed by atoms with van der Waals surface area (Å²) in [5.41, 5.74) is 8.16. The van der Waals surface area contributed by atoms with Gasteiger partial charge in [0.1, 0.15) is 0 Å². The molecule has 2 aliphatic rings. The van der Waals surface area contributed by atoms with Crippen molar-refractivity contribution in [1.29, 1.82) is 5.41 Å². The number of allylic oxidation sites excluding steroid dienone is 8. The van der Waals surface area contributed by atoms with Crippen LogP contribution in [0.5, 0.6) is 0 Å². The third-order valence-electron chi connectivity index (χ3n) is 8.24. The first-order valence-electron chi connectivity index (χ1n) is 13.9. The molecule has 0 saturated carbocycles. The molecule has 0 fully saturated rings. The van der Waals surface area contributed by atoms with E-state index in [0.29, 0.717) is 5.71 Å². The number of benzene rings is 4. The third kappa shape index (κ3) is 3.41. The van der Waals surface area contributed by atoms with Crippen molar-refractivity contribution < 1.29 is 0 Å². The maximum absolute atomic E-state index is 8.55. The molecule has 0 saturated heterocycles. The molecule has 42 heavy (non-hydrogen) atoms. The Labute approximate surface area is 249 Å². The largest absolute Gasteiger partial charge is 0.361 e. The van der Waals surface area contributed by atoms with Gasteiger partial charge < -0.3 is 15.3 Å². The van der Waals surface area contributed by atoms with Gasteiger partial charge in [0.05, 0.1) is 27.1 Å². The number of fused-ring (bicyclic) bond motifs is 8. The summed E-state index contributed by atoms with van der Waals surface area (Å²) in [7, 11) is 0. The van der Waals surface area contributed by atoms with Crippen LogP contribution in [0.2, 0.25) is 0 Å². The SMILES string of the molecule is N=C1C=CC=C/C1=C1/NC=CC=C1c1cccc(-n2c3cc4c(cc3c3sc5ccccc5c32)sc2ccccc24)c1. The van der Waals surface area contributed by atoms with Crippen LogP contribution in [0.1, 0.15) is 5.56 Å². The lowest BCUT2D eigenvalue weighted by Crippen LogP contribution is -2.16. The highest BCUT2D eigenvalue weighted by molar-refractivity contribution is 7.27. The fraction of sp³-hybridized carbons (Fsp3) is 0. The molecule has 2 N–H and O–H groups in total. The molecule has 1 aliphatic carbocycles. The molecule has 9 rings (SSSR count). The molecular formula is C37H23N3S2. The van der Waals surface area contributed by atoms with Crippen molar-refractivity contribution >= 4 is 85.3 Å². The van der Waals surface area contributed by atoms with Crippen LogP contribution >= 0.6 is 22.7 Å². The quantitative estimate of drug-likeness (QED) is 0.212. The molecule has 1 aliphatic heterocycles. The van der Waals surface area contributed by atoms with Gasteiger partial charge in [0, 0.05) is 58.7 Å². The summed E-state index contributed by atoms with van der Waals surface area (Å²) < 4.78 is 7.74. The predicted molar refractivity (Wildman–Crippen MR) is 182 cm³/mol. The number of thiophene rings is 2. The van der Waals surface area contributed by atoms with Crippen molar-refractivity contribution in [2.75, 3.05) is 0 Å². The van der Waals surface area contributed by atoms with E-state index in [4.69, 9.17) is 5.41 Å². The zero-order chi connectivity index (χ0) is 27.8. The maximum Gasteiger partial charge on any atom is 0.0727 e. The predicted octanol–water partition coefficient (Wildman–Crippen LogP) is 10.3. The normalized spacial score (nSPS) is 16.9. The van der Waals surface area contributed by atoms with Crippen LogP contribution in [-0.4, -0.2) is 10.3 Å². The Balaban J connectivity index is 1.34. The summed E-state index contributed by atoms with van der Waals surface area (Å²) >= 11 is 3.76. The van der Waals surface area contributed by atoms with Gasteiger partial charge in [-0.15, -0.1) is 22.7 Å². The van der Waals surface area contributed by atoms with Crippen molar-refractivity contribution in [3.63, 3.8) is 0 Å². The van der Waals surface area contributed by atoms with Crippen molar-refractivity contribution in [3.05, 3.63) is 144 Å². The summed E-state index contributed by atoms with van der Waals surface area (Å²) in [6.07, 6.45) is 13.9. The Morgan fingerprint density at radius 2 is 1.48 bits per heavy atom. The molecule has 198 valence electrons. The van der Waals surface area contributed by atoms with Crippen LogP contribution in [0, 0.1) is 5.41 Å². The third-order valence-corrected chi connectivity index (χ3v) is 10.6. The summed E-state index contributed by atoms with van der Waals surface area (Å²) in [4.78, 5) is 0. The highest BCUT2D eigenvalue weighted by Crippen LogP contribution is 2.46. The van der Waals surface area contributed by atoms with Crippen LogP contribution in [0.3, 0.4) is 0 Å². The number of hydrogen-bond donors (Lipinski definition) is 2. The first-order valence-corrected chi connectivity index (χ1v) is 15.6. The lowest BCUT2D eigenvalue weighted by molar-refractivity contribution is 1.09. The zero-order valence-corrected chi connectivity index (χ0v) is 24.0. The van der Waals surface area contributed by atoms with Crippen molar-refractivity contribution in [1.82, 2.24) is 9.88 Å². The fourth-order valence-corrected chi connectivity index (χ4v) is 8.71. The summed E-state index contributed by atoms with van der Waals surface area (Å²) in [5.74, 6) is 0. The van der Waals surface area contributed by atoms with Crippen LogP contribution in [0.4, 0.5) is 0 Å². The lowest BCUT2D eigenvalue weighted by atomic mass is 9.93. The Kier molecular flexibility index (Phi) is 5.09. The van der Waals surface area contributed by atoms with Gasteiger partial charge in [-0.3, -0.25) is 0 Å². The van der Waals surface area contributed by atoms with E-state index >= 15 is 0 Å². The fourth-order valence-electron chi connectivity index (χ4n) is 6.37. The summed E-state index contributed by atoms with van der Waals surface area (Å²) in [5, 5.41) is 17.2. The van der Waals surface area contributed by atoms with Gasteiger partial charge in [0.2, 0.25) is 0 Å². The first-order chi connectivity index (χ1) is 20.7. The molecule has 0 amide bonds. The van der Waals surface area contributed by atoms with E-state index in [0.717, 1.165) is 28.1 Å². The Hall–Kier alpha value is -4.97. The molecule has 0 unspecified atom stereocenters. The molecular weight excluding hydrogens is 551 g/mol. The standard InChI is InChI=1S/C37H23N3S2/c38-30-15-4-1-12-26(30)35-24(14-8-18-39-35)22-9-7-10-23(19-22)40-31-20-28-25-11-2-5-16-32(25)41-34(28)21-29(31)37-36(40)27-13-3-6-17-33(27)42-37/h1-21,38-39H/b35-26-,38-30?. The lowest BCUT2D eigenvalue weighted by Gasteiger charge is -2.20. The smallest absolute Gasteiger partial charge is 0.0727 e. The minimum atomic E-state index is 0.507. The second kappa shape index (κ2) is 9.02.